The number of carboxylic acid groups (broad SMARTS) is 1. The second-order valence-corrected chi connectivity index (χ2v) is 5.02. The first-order valence-electron chi connectivity index (χ1n) is 7.56. The van der Waals surface area contributed by atoms with Crippen molar-refractivity contribution < 1.29 is 24.2 Å². The van der Waals surface area contributed by atoms with Gasteiger partial charge in [0.05, 0.1) is 12.2 Å². The lowest BCUT2D eigenvalue weighted by molar-refractivity contribution is 0.0696. The summed E-state index contributed by atoms with van der Waals surface area (Å²) in [6.07, 6.45) is 0.144. The molecule has 126 valence electrons. The lowest BCUT2D eigenvalue weighted by Gasteiger charge is -2.08. The fraction of sp³-hybridized carbons (Fsp3) is 0.222. The highest BCUT2D eigenvalue weighted by atomic mass is 16.5. The van der Waals surface area contributed by atoms with Crippen LogP contribution in [0, 0.1) is 0 Å². The van der Waals surface area contributed by atoms with Crippen LogP contribution in [0.3, 0.4) is 0 Å². The molecule has 2 N–H and O–H groups in total. The fourth-order valence-electron chi connectivity index (χ4n) is 1.92. The number of carboxylic acids is 1. The van der Waals surface area contributed by atoms with Crippen LogP contribution in [-0.2, 0) is 11.3 Å². The number of nitrogens with one attached hydrogen (secondary N) is 1. The lowest BCUT2D eigenvalue weighted by Crippen LogP contribution is -2.26. The largest absolute Gasteiger partial charge is 0.494 e. The summed E-state index contributed by atoms with van der Waals surface area (Å²) in [6.45, 7) is 1.07. The molecule has 0 spiro atoms. The summed E-state index contributed by atoms with van der Waals surface area (Å²) in [5.41, 5.74) is 1.14. The number of benzene rings is 2. The molecule has 6 nitrogen and oxygen atoms in total. The summed E-state index contributed by atoms with van der Waals surface area (Å²) in [5, 5.41) is 11.4. The minimum atomic E-state index is -0.972. The number of carbonyl (C=O) groups is 2. The van der Waals surface area contributed by atoms with Crippen LogP contribution in [0.4, 0.5) is 4.79 Å². The van der Waals surface area contributed by atoms with Crippen molar-refractivity contribution in [3.05, 3.63) is 65.7 Å². The molecule has 1 amide bonds. The Balaban J connectivity index is 1.57. The van der Waals surface area contributed by atoms with Crippen LogP contribution < -0.4 is 10.1 Å². The SMILES string of the molecule is O=C(NCCCOc1ccc(C(=O)O)cc1)OCc1ccccc1. The molecule has 2 aromatic rings. The predicted molar refractivity (Wildman–Crippen MR) is 88.1 cm³/mol. The van der Waals surface area contributed by atoms with E-state index in [1.54, 1.807) is 12.1 Å². The Morgan fingerprint density at radius 2 is 1.71 bits per heavy atom. The topological polar surface area (TPSA) is 84.9 Å². The van der Waals surface area contributed by atoms with Crippen molar-refractivity contribution in [1.29, 1.82) is 0 Å². The molecule has 0 aromatic heterocycles. The standard InChI is InChI=1S/C18H19NO5/c20-17(21)15-7-9-16(10-8-15)23-12-4-11-19-18(22)24-13-14-5-2-1-3-6-14/h1-3,5-10H,4,11-13H2,(H,19,22)(H,20,21). The van der Waals surface area contributed by atoms with E-state index in [4.69, 9.17) is 14.6 Å². The number of amides is 1. The maximum absolute atomic E-state index is 11.5. The summed E-state index contributed by atoms with van der Waals surface area (Å²) in [7, 11) is 0. The highest BCUT2D eigenvalue weighted by molar-refractivity contribution is 5.87. The second kappa shape index (κ2) is 9.19. The average Bonchev–Trinajstić information content (AvgIpc) is 2.61. The Labute approximate surface area is 140 Å². The van der Waals surface area contributed by atoms with Crippen molar-refractivity contribution in [2.75, 3.05) is 13.2 Å². The van der Waals surface area contributed by atoms with Crippen molar-refractivity contribution in [1.82, 2.24) is 5.32 Å². The summed E-state index contributed by atoms with van der Waals surface area (Å²) in [6, 6.07) is 15.6. The molecule has 0 unspecified atom stereocenters. The minimum absolute atomic E-state index is 0.213. The zero-order chi connectivity index (χ0) is 17.2. The first-order chi connectivity index (χ1) is 11.6. The number of carbonyl (C=O) groups excluding carboxylic acids is 1. The zero-order valence-corrected chi connectivity index (χ0v) is 13.1. The van der Waals surface area contributed by atoms with E-state index in [0.29, 0.717) is 25.3 Å². The number of aromatic carboxylic acids is 1. The Kier molecular flexibility index (Phi) is 6.64. The fourth-order valence-corrected chi connectivity index (χ4v) is 1.92. The van der Waals surface area contributed by atoms with Crippen LogP contribution in [0.15, 0.2) is 54.6 Å². The highest BCUT2D eigenvalue weighted by Gasteiger charge is 2.03. The van der Waals surface area contributed by atoms with Crippen LogP contribution in [0.2, 0.25) is 0 Å². The zero-order valence-electron chi connectivity index (χ0n) is 13.1. The van der Waals surface area contributed by atoms with E-state index in [2.05, 4.69) is 5.32 Å². The number of hydrogen-bond acceptors (Lipinski definition) is 4. The van der Waals surface area contributed by atoms with Gasteiger partial charge in [-0.3, -0.25) is 0 Å². The molecular weight excluding hydrogens is 310 g/mol. The highest BCUT2D eigenvalue weighted by Crippen LogP contribution is 2.12. The van der Waals surface area contributed by atoms with E-state index in [-0.39, 0.29) is 12.2 Å². The van der Waals surface area contributed by atoms with E-state index >= 15 is 0 Å². The molecule has 6 heteroatoms. The molecule has 0 saturated heterocycles. The number of alkyl carbamates (subject to hydrolysis) is 1. The molecule has 0 atom stereocenters. The Morgan fingerprint density at radius 1 is 1.00 bits per heavy atom. The summed E-state index contributed by atoms with van der Waals surface area (Å²) in [4.78, 5) is 22.2. The van der Waals surface area contributed by atoms with Gasteiger partial charge in [0.15, 0.2) is 0 Å². The van der Waals surface area contributed by atoms with Crippen molar-refractivity contribution in [2.24, 2.45) is 0 Å². The molecule has 0 aliphatic carbocycles. The third-order valence-electron chi connectivity index (χ3n) is 3.17. The van der Waals surface area contributed by atoms with Crippen molar-refractivity contribution in [2.45, 2.75) is 13.0 Å². The summed E-state index contributed by atoms with van der Waals surface area (Å²) >= 11 is 0. The van der Waals surface area contributed by atoms with Gasteiger partial charge < -0.3 is 19.9 Å². The van der Waals surface area contributed by atoms with E-state index in [9.17, 15) is 9.59 Å². The van der Waals surface area contributed by atoms with Crippen LogP contribution in [0.5, 0.6) is 5.75 Å². The average molecular weight is 329 g/mol. The maximum atomic E-state index is 11.5. The monoisotopic (exact) mass is 329 g/mol. The Bertz CT molecular complexity index is 655. The molecule has 0 aliphatic heterocycles. The van der Waals surface area contributed by atoms with Gasteiger partial charge in [0.1, 0.15) is 12.4 Å². The molecule has 2 aromatic carbocycles. The van der Waals surface area contributed by atoms with E-state index in [1.807, 2.05) is 30.3 Å². The summed E-state index contributed by atoms with van der Waals surface area (Å²) in [5.74, 6) is -0.383. The van der Waals surface area contributed by atoms with E-state index in [1.165, 1.54) is 12.1 Å². The van der Waals surface area contributed by atoms with Gasteiger partial charge in [-0.05, 0) is 36.2 Å². The lowest BCUT2D eigenvalue weighted by atomic mass is 10.2. The maximum Gasteiger partial charge on any atom is 0.407 e. The quantitative estimate of drug-likeness (QED) is 0.727. The number of hydrogen-bond donors (Lipinski definition) is 2. The van der Waals surface area contributed by atoms with Gasteiger partial charge in [-0.15, -0.1) is 0 Å². The Morgan fingerprint density at radius 3 is 2.38 bits per heavy atom. The van der Waals surface area contributed by atoms with Gasteiger partial charge in [-0.2, -0.15) is 0 Å². The van der Waals surface area contributed by atoms with Crippen LogP contribution in [0.1, 0.15) is 22.3 Å². The summed E-state index contributed by atoms with van der Waals surface area (Å²) < 4.78 is 10.5. The third-order valence-corrected chi connectivity index (χ3v) is 3.17. The second-order valence-electron chi connectivity index (χ2n) is 5.02. The minimum Gasteiger partial charge on any atom is -0.494 e. The van der Waals surface area contributed by atoms with Gasteiger partial charge in [0.25, 0.3) is 0 Å². The van der Waals surface area contributed by atoms with Crippen LogP contribution in [-0.4, -0.2) is 30.3 Å². The van der Waals surface area contributed by atoms with E-state index in [0.717, 1.165) is 5.56 Å². The van der Waals surface area contributed by atoms with Gasteiger partial charge in [-0.1, -0.05) is 30.3 Å². The molecule has 0 saturated carbocycles. The van der Waals surface area contributed by atoms with Gasteiger partial charge >= 0.3 is 12.1 Å². The van der Waals surface area contributed by atoms with Crippen molar-refractivity contribution in [3.8, 4) is 5.75 Å². The molecule has 0 aliphatic rings. The third kappa shape index (κ3) is 6.00. The van der Waals surface area contributed by atoms with Crippen molar-refractivity contribution in [3.63, 3.8) is 0 Å². The van der Waals surface area contributed by atoms with Crippen LogP contribution in [0.25, 0.3) is 0 Å². The first kappa shape index (κ1) is 17.3. The normalized spacial score (nSPS) is 10.0. The first-order valence-corrected chi connectivity index (χ1v) is 7.56. The number of rotatable bonds is 8. The van der Waals surface area contributed by atoms with Gasteiger partial charge in [0.2, 0.25) is 0 Å². The van der Waals surface area contributed by atoms with E-state index < -0.39 is 12.1 Å². The predicted octanol–water partition coefficient (Wildman–Crippen LogP) is 3.08. The molecule has 24 heavy (non-hydrogen) atoms. The Hall–Kier alpha value is -3.02. The molecule has 0 fully saturated rings. The molecule has 0 bridgehead atoms. The van der Waals surface area contributed by atoms with Crippen molar-refractivity contribution >= 4 is 12.1 Å². The van der Waals surface area contributed by atoms with Crippen LogP contribution >= 0.6 is 0 Å². The molecular formula is C18H19NO5. The molecule has 0 heterocycles. The van der Waals surface area contributed by atoms with Gasteiger partial charge in [-0.25, -0.2) is 9.59 Å². The van der Waals surface area contributed by atoms with Gasteiger partial charge in [0, 0.05) is 6.54 Å². The number of ether oxygens (including phenoxy) is 2. The molecule has 2 rings (SSSR count). The molecule has 0 radical (unpaired) electrons. The smallest absolute Gasteiger partial charge is 0.407 e.